The molecule has 1 aliphatic heterocycles. The number of phenols is 1. The van der Waals surface area contributed by atoms with Crippen molar-refractivity contribution in [2.24, 2.45) is 15.4 Å². The Morgan fingerprint density at radius 1 is 1.27 bits per heavy atom. The fourth-order valence-corrected chi connectivity index (χ4v) is 4.77. The minimum atomic E-state index is -0.959. The molecule has 0 radical (unpaired) electrons. The molecule has 2 aromatic heterocycles. The van der Waals surface area contributed by atoms with Crippen LogP contribution in [0.2, 0.25) is 0 Å². The van der Waals surface area contributed by atoms with Crippen molar-refractivity contribution in [2.75, 3.05) is 0 Å². The van der Waals surface area contributed by atoms with Crippen molar-refractivity contribution in [3.8, 4) is 5.75 Å². The molecule has 1 fully saturated rings. The lowest BCUT2D eigenvalue weighted by atomic mass is 9.85. The quantitative estimate of drug-likeness (QED) is 0.723. The summed E-state index contributed by atoms with van der Waals surface area (Å²) in [5.74, 6) is 0.713. The van der Waals surface area contributed by atoms with E-state index in [1.807, 2.05) is 22.7 Å². The normalized spacial score (nSPS) is 23.1. The summed E-state index contributed by atoms with van der Waals surface area (Å²) in [4.78, 5) is 6.44. The summed E-state index contributed by atoms with van der Waals surface area (Å²) in [5.41, 5.74) is 0.828. The van der Waals surface area contributed by atoms with Gasteiger partial charge in [0.25, 0.3) is 0 Å². The van der Waals surface area contributed by atoms with Crippen LogP contribution < -0.4 is 0 Å². The van der Waals surface area contributed by atoms with Gasteiger partial charge in [0, 0.05) is 11.3 Å². The molecule has 3 aromatic rings. The van der Waals surface area contributed by atoms with Crippen LogP contribution in [-0.2, 0) is 6.42 Å². The molecule has 7 nitrogen and oxygen atoms in total. The minimum absolute atomic E-state index is 0.207. The zero-order valence-electron chi connectivity index (χ0n) is 13.9. The molecular formula is C18H17N5O2S. The second kappa shape index (κ2) is 5.72. The largest absolute Gasteiger partial charge is 0.508 e. The molecule has 2 N–H and O–H groups in total. The number of rotatable bonds is 5. The second-order valence-corrected chi connectivity index (χ2v) is 7.96. The number of thiazole rings is 1. The van der Waals surface area contributed by atoms with Crippen molar-refractivity contribution in [3.05, 3.63) is 52.9 Å². The van der Waals surface area contributed by atoms with Crippen molar-refractivity contribution in [1.82, 2.24) is 9.38 Å². The third-order valence-electron chi connectivity index (χ3n) is 5.00. The average Bonchev–Trinajstić information content (AvgIpc) is 3.05. The number of nitrogens with zero attached hydrogens (tertiary/aromatic N) is 5. The van der Waals surface area contributed by atoms with E-state index < -0.39 is 11.6 Å². The first kappa shape index (κ1) is 15.7. The first-order valence-electron chi connectivity index (χ1n) is 8.53. The lowest BCUT2D eigenvalue weighted by Gasteiger charge is -2.28. The summed E-state index contributed by atoms with van der Waals surface area (Å²) in [6, 6.07) is 6.92. The molecule has 132 valence electrons. The number of fused-ring (bicyclic) bond motifs is 1. The molecule has 5 rings (SSSR count). The summed E-state index contributed by atoms with van der Waals surface area (Å²) in [6.45, 7) is 0. The zero-order valence-corrected chi connectivity index (χ0v) is 14.7. The van der Waals surface area contributed by atoms with Gasteiger partial charge in [-0.1, -0.05) is 12.1 Å². The fraction of sp³-hybridized carbons (Fsp3) is 0.333. The maximum atomic E-state index is 11.4. The minimum Gasteiger partial charge on any atom is -0.508 e. The third kappa shape index (κ3) is 2.45. The molecule has 0 spiro atoms. The van der Waals surface area contributed by atoms with E-state index in [9.17, 15) is 10.2 Å². The highest BCUT2D eigenvalue weighted by molar-refractivity contribution is 7.17. The molecule has 1 aromatic carbocycles. The van der Waals surface area contributed by atoms with E-state index in [-0.39, 0.29) is 5.75 Å². The zero-order chi connectivity index (χ0) is 17.7. The third-order valence-corrected chi connectivity index (χ3v) is 6.27. The molecule has 2 aliphatic rings. The molecule has 26 heavy (non-hydrogen) atoms. The van der Waals surface area contributed by atoms with Crippen molar-refractivity contribution < 1.29 is 10.2 Å². The van der Waals surface area contributed by atoms with E-state index in [1.54, 1.807) is 36.0 Å². The van der Waals surface area contributed by atoms with E-state index >= 15 is 0 Å². The predicted octanol–water partition coefficient (Wildman–Crippen LogP) is 3.45. The van der Waals surface area contributed by atoms with Crippen molar-refractivity contribution >= 4 is 22.4 Å². The Morgan fingerprint density at radius 3 is 2.77 bits per heavy atom. The number of benzene rings is 1. The van der Waals surface area contributed by atoms with Gasteiger partial charge in [0.2, 0.25) is 0 Å². The molecule has 2 atom stereocenters. The summed E-state index contributed by atoms with van der Waals surface area (Å²) in [5, 5.41) is 33.0. The van der Waals surface area contributed by atoms with Crippen LogP contribution in [0, 0.1) is 0 Å². The Kier molecular flexibility index (Phi) is 3.44. The number of aromatic hydroxyl groups is 1. The molecule has 1 aliphatic carbocycles. The summed E-state index contributed by atoms with van der Waals surface area (Å²) in [6.07, 6.45) is 7.05. The SMILES string of the molecule is Oc1ccc(CC2(C(O)c3c(C4CC4)sc4cncn34)C=NN=N2)cc1. The summed E-state index contributed by atoms with van der Waals surface area (Å²) in [7, 11) is 0. The number of hydrogen-bond donors (Lipinski definition) is 2. The Bertz CT molecular complexity index is 1000. The predicted molar refractivity (Wildman–Crippen MR) is 97.9 cm³/mol. The Morgan fingerprint density at radius 2 is 2.08 bits per heavy atom. The number of hydrogen-bond acceptors (Lipinski definition) is 7. The van der Waals surface area contributed by atoms with Gasteiger partial charge >= 0.3 is 0 Å². The molecule has 8 heteroatoms. The highest BCUT2D eigenvalue weighted by Gasteiger charge is 2.45. The molecule has 0 amide bonds. The molecule has 3 heterocycles. The van der Waals surface area contributed by atoms with E-state index in [0.29, 0.717) is 12.3 Å². The fourth-order valence-electron chi connectivity index (χ4n) is 3.47. The molecular weight excluding hydrogens is 350 g/mol. The number of aromatic nitrogens is 2. The summed E-state index contributed by atoms with van der Waals surface area (Å²) >= 11 is 1.69. The highest BCUT2D eigenvalue weighted by atomic mass is 32.1. The number of phenolic OH excluding ortho intramolecular Hbond substituents is 1. The van der Waals surface area contributed by atoms with E-state index in [0.717, 1.165) is 28.9 Å². The van der Waals surface area contributed by atoms with Gasteiger partial charge < -0.3 is 10.2 Å². The number of aliphatic hydroxyl groups excluding tert-OH is 1. The van der Waals surface area contributed by atoms with Gasteiger partial charge in [-0.05, 0) is 41.7 Å². The topological polar surface area (TPSA) is 94.8 Å². The lowest BCUT2D eigenvalue weighted by Crippen LogP contribution is -2.38. The Labute approximate surface area is 153 Å². The Hall–Kier alpha value is -2.58. The van der Waals surface area contributed by atoms with Crippen LogP contribution in [0.1, 0.15) is 41.0 Å². The Balaban J connectivity index is 1.58. The van der Waals surface area contributed by atoms with Crippen LogP contribution in [0.4, 0.5) is 0 Å². The average molecular weight is 367 g/mol. The van der Waals surface area contributed by atoms with Gasteiger partial charge in [0.05, 0.1) is 18.1 Å². The van der Waals surface area contributed by atoms with Crippen LogP contribution >= 0.6 is 11.3 Å². The van der Waals surface area contributed by atoms with Gasteiger partial charge in [-0.3, -0.25) is 4.40 Å². The van der Waals surface area contributed by atoms with Crippen molar-refractivity contribution in [3.63, 3.8) is 0 Å². The van der Waals surface area contributed by atoms with Crippen LogP contribution in [-0.4, -0.2) is 31.4 Å². The van der Waals surface area contributed by atoms with Crippen LogP contribution in [0.3, 0.4) is 0 Å². The van der Waals surface area contributed by atoms with Gasteiger partial charge in [-0.15, -0.1) is 16.4 Å². The molecule has 2 unspecified atom stereocenters. The lowest BCUT2D eigenvalue weighted by molar-refractivity contribution is 0.116. The first-order valence-corrected chi connectivity index (χ1v) is 9.35. The second-order valence-electron chi connectivity index (χ2n) is 6.90. The number of imidazole rings is 1. The molecule has 0 saturated heterocycles. The summed E-state index contributed by atoms with van der Waals surface area (Å²) < 4.78 is 1.96. The van der Waals surface area contributed by atoms with Crippen LogP contribution in [0.5, 0.6) is 5.75 Å². The van der Waals surface area contributed by atoms with Gasteiger partial charge in [-0.2, -0.15) is 5.11 Å². The number of aliphatic hydroxyl groups is 1. The highest BCUT2D eigenvalue weighted by Crippen LogP contribution is 2.49. The van der Waals surface area contributed by atoms with E-state index in [4.69, 9.17) is 0 Å². The van der Waals surface area contributed by atoms with Crippen molar-refractivity contribution in [1.29, 1.82) is 0 Å². The maximum Gasteiger partial charge on any atom is 0.156 e. The van der Waals surface area contributed by atoms with Crippen LogP contribution in [0.25, 0.3) is 4.83 Å². The van der Waals surface area contributed by atoms with Gasteiger partial charge in [0.1, 0.15) is 23.0 Å². The monoisotopic (exact) mass is 367 g/mol. The molecule has 0 bridgehead atoms. The molecule has 1 saturated carbocycles. The van der Waals surface area contributed by atoms with Crippen molar-refractivity contribution in [2.45, 2.75) is 36.8 Å². The maximum absolute atomic E-state index is 11.4. The van der Waals surface area contributed by atoms with Gasteiger partial charge in [0.15, 0.2) is 5.54 Å². The van der Waals surface area contributed by atoms with Crippen LogP contribution in [0.15, 0.2) is 52.2 Å². The first-order chi connectivity index (χ1) is 12.7. The smallest absolute Gasteiger partial charge is 0.156 e. The van der Waals surface area contributed by atoms with E-state index in [1.165, 1.54) is 4.88 Å². The standard InChI is InChI=1S/C18H17N5O2S/c24-13-5-1-11(2-6-13)7-18(9-20-22-21-18)17(25)15-16(12-3-4-12)26-14-8-19-10-23(14)15/h1-2,5-6,8-10,12,17,24-25H,3-4,7H2. The van der Waals surface area contributed by atoms with Gasteiger partial charge in [-0.25, -0.2) is 4.98 Å². The van der Waals surface area contributed by atoms with E-state index in [2.05, 4.69) is 20.4 Å².